The Kier molecular flexibility index (Phi) is 6.34. The summed E-state index contributed by atoms with van der Waals surface area (Å²) in [7, 11) is 0. The van der Waals surface area contributed by atoms with Gasteiger partial charge in [-0.2, -0.15) is 0 Å². The maximum absolute atomic E-state index is 12.4. The van der Waals surface area contributed by atoms with Gasteiger partial charge in [0.2, 0.25) is 0 Å². The molecule has 0 radical (unpaired) electrons. The van der Waals surface area contributed by atoms with Crippen molar-refractivity contribution in [2.75, 3.05) is 11.9 Å². The molecular formula is C22H20ClNO3. The van der Waals surface area contributed by atoms with Crippen LogP contribution < -0.4 is 14.8 Å². The van der Waals surface area contributed by atoms with Crippen molar-refractivity contribution < 1.29 is 14.3 Å². The quantitative estimate of drug-likeness (QED) is 0.582. The summed E-state index contributed by atoms with van der Waals surface area (Å²) >= 11 is 6.12. The van der Waals surface area contributed by atoms with Crippen LogP contribution in [0.1, 0.15) is 22.8 Å². The molecule has 0 heterocycles. The van der Waals surface area contributed by atoms with Gasteiger partial charge in [-0.05, 0) is 49.4 Å². The molecule has 0 saturated carbocycles. The topological polar surface area (TPSA) is 47.6 Å². The molecule has 0 unspecified atom stereocenters. The number of halogens is 1. The summed E-state index contributed by atoms with van der Waals surface area (Å²) in [6.07, 6.45) is 0. The molecule has 0 spiro atoms. The van der Waals surface area contributed by atoms with Gasteiger partial charge in [-0.1, -0.05) is 35.9 Å². The van der Waals surface area contributed by atoms with E-state index in [4.69, 9.17) is 21.1 Å². The lowest BCUT2D eigenvalue weighted by molar-refractivity contribution is 0.102. The smallest absolute Gasteiger partial charge is 0.255 e. The second-order valence-corrected chi connectivity index (χ2v) is 6.23. The van der Waals surface area contributed by atoms with Crippen LogP contribution in [0, 0.1) is 0 Å². The summed E-state index contributed by atoms with van der Waals surface area (Å²) < 4.78 is 11.2. The highest BCUT2D eigenvalue weighted by atomic mass is 35.5. The van der Waals surface area contributed by atoms with Crippen molar-refractivity contribution in [3.63, 3.8) is 0 Å². The summed E-state index contributed by atoms with van der Waals surface area (Å²) in [5.41, 5.74) is 2.14. The Morgan fingerprint density at radius 1 is 0.926 bits per heavy atom. The van der Waals surface area contributed by atoms with Crippen LogP contribution in [0.5, 0.6) is 11.5 Å². The molecule has 3 rings (SSSR count). The lowest BCUT2D eigenvalue weighted by Crippen LogP contribution is -2.11. The standard InChI is InChI=1S/C22H20ClNO3/c1-2-26-20-8-5-7-18(14-20)24-22(25)16-10-12-19(13-11-16)27-15-17-6-3-4-9-21(17)23/h3-14H,2,15H2,1H3,(H,24,25). The number of amides is 1. The second-order valence-electron chi connectivity index (χ2n) is 5.82. The van der Waals surface area contributed by atoms with E-state index in [9.17, 15) is 4.79 Å². The molecule has 1 N–H and O–H groups in total. The van der Waals surface area contributed by atoms with Gasteiger partial charge in [0.15, 0.2) is 0 Å². The van der Waals surface area contributed by atoms with E-state index in [2.05, 4.69) is 5.32 Å². The van der Waals surface area contributed by atoms with Gasteiger partial charge in [0, 0.05) is 27.9 Å². The number of nitrogens with one attached hydrogen (secondary N) is 1. The lowest BCUT2D eigenvalue weighted by Gasteiger charge is -2.10. The first-order valence-electron chi connectivity index (χ1n) is 8.66. The Labute approximate surface area is 163 Å². The van der Waals surface area contributed by atoms with Crippen LogP contribution in [0.3, 0.4) is 0 Å². The minimum atomic E-state index is -0.193. The third-order valence-electron chi connectivity index (χ3n) is 3.87. The maximum atomic E-state index is 12.4. The van der Waals surface area contributed by atoms with E-state index >= 15 is 0 Å². The SMILES string of the molecule is CCOc1cccc(NC(=O)c2ccc(OCc3ccccc3Cl)cc2)c1. The highest BCUT2D eigenvalue weighted by molar-refractivity contribution is 6.31. The van der Waals surface area contributed by atoms with E-state index in [-0.39, 0.29) is 5.91 Å². The summed E-state index contributed by atoms with van der Waals surface area (Å²) in [6.45, 7) is 2.86. The number of hydrogen-bond acceptors (Lipinski definition) is 3. The zero-order chi connectivity index (χ0) is 19.1. The average molecular weight is 382 g/mol. The molecule has 0 atom stereocenters. The van der Waals surface area contributed by atoms with Crippen LogP contribution in [0.25, 0.3) is 0 Å². The number of hydrogen-bond donors (Lipinski definition) is 1. The van der Waals surface area contributed by atoms with Gasteiger partial charge in [-0.25, -0.2) is 0 Å². The zero-order valence-corrected chi connectivity index (χ0v) is 15.7. The van der Waals surface area contributed by atoms with Gasteiger partial charge in [0.25, 0.3) is 5.91 Å². The maximum Gasteiger partial charge on any atom is 0.255 e. The molecule has 0 aliphatic rings. The van der Waals surface area contributed by atoms with Crippen LogP contribution in [-0.4, -0.2) is 12.5 Å². The molecule has 0 saturated heterocycles. The molecule has 0 aromatic heterocycles. The largest absolute Gasteiger partial charge is 0.494 e. The third-order valence-corrected chi connectivity index (χ3v) is 4.24. The normalized spacial score (nSPS) is 10.3. The van der Waals surface area contributed by atoms with Crippen LogP contribution in [-0.2, 0) is 6.61 Å². The molecule has 4 nitrogen and oxygen atoms in total. The van der Waals surface area contributed by atoms with Crippen LogP contribution in [0.4, 0.5) is 5.69 Å². The molecule has 0 aliphatic heterocycles. The highest BCUT2D eigenvalue weighted by Gasteiger charge is 2.07. The summed E-state index contributed by atoms with van der Waals surface area (Å²) in [5, 5.41) is 3.53. The molecule has 0 bridgehead atoms. The van der Waals surface area contributed by atoms with Gasteiger partial charge < -0.3 is 14.8 Å². The van der Waals surface area contributed by atoms with E-state index in [1.807, 2.05) is 49.4 Å². The number of carbonyl (C=O) groups excluding carboxylic acids is 1. The molecular weight excluding hydrogens is 362 g/mol. The summed E-state index contributed by atoms with van der Waals surface area (Å²) in [5.74, 6) is 1.20. The van der Waals surface area contributed by atoms with Crippen LogP contribution in [0.2, 0.25) is 5.02 Å². The van der Waals surface area contributed by atoms with Crippen molar-refractivity contribution in [2.45, 2.75) is 13.5 Å². The van der Waals surface area contributed by atoms with Gasteiger partial charge >= 0.3 is 0 Å². The Balaban J connectivity index is 1.60. The van der Waals surface area contributed by atoms with Crippen molar-refractivity contribution in [1.82, 2.24) is 0 Å². The van der Waals surface area contributed by atoms with Crippen molar-refractivity contribution >= 4 is 23.2 Å². The van der Waals surface area contributed by atoms with Crippen LogP contribution >= 0.6 is 11.6 Å². The first-order valence-corrected chi connectivity index (χ1v) is 9.04. The first kappa shape index (κ1) is 18.8. The van der Waals surface area contributed by atoms with E-state index in [1.165, 1.54) is 0 Å². The predicted octanol–water partition coefficient (Wildman–Crippen LogP) is 5.57. The monoisotopic (exact) mass is 381 g/mol. The minimum Gasteiger partial charge on any atom is -0.494 e. The molecule has 1 amide bonds. The molecule has 3 aromatic rings. The van der Waals surface area contributed by atoms with Gasteiger partial charge in [-0.15, -0.1) is 0 Å². The van der Waals surface area contributed by atoms with E-state index in [0.717, 1.165) is 11.3 Å². The van der Waals surface area contributed by atoms with E-state index in [0.29, 0.717) is 35.2 Å². The van der Waals surface area contributed by atoms with Crippen molar-refractivity contribution in [3.8, 4) is 11.5 Å². The minimum absolute atomic E-state index is 0.193. The first-order chi connectivity index (χ1) is 13.2. The Bertz CT molecular complexity index is 909. The number of benzene rings is 3. The predicted molar refractivity (Wildman–Crippen MR) is 108 cm³/mol. The molecule has 5 heteroatoms. The fourth-order valence-electron chi connectivity index (χ4n) is 2.51. The average Bonchev–Trinajstić information content (AvgIpc) is 2.68. The van der Waals surface area contributed by atoms with Crippen molar-refractivity contribution in [3.05, 3.63) is 88.9 Å². The number of anilines is 1. The highest BCUT2D eigenvalue weighted by Crippen LogP contribution is 2.21. The molecule has 0 fully saturated rings. The van der Waals surface area contributed by atoms with E-state index in [1.54, 1.807) is 30.3 Å². The fraction of sp³-hybridized carbons (Fsp3) is 0.136. The second kappa shape index (κ2) is 9.10. The number of carbonyl (C=O) groups is 1. The summed E-state index contributed by atoms with van der Waals surface area (Å²) in [6, 6.07) is 21.8. The van der Waals surface area contributed by atoms with Gasteiger partial charge in [-0.3, -0.25) is 4.79 Å². The van der Waals surface area contributed by atoms with E-state index < -0.39 is 0 Å². The summed E-state index contributed by atoms with van der Waals surface area (Å²) in [4.78, 5) is 12.4. The molecule has 3 aromatic carbocycles. The Hall–Kier alpha value is -2.98. The molecule has 0 aliphatic carbocycles. The Morgan fingerprint density at radius 3 is 2.44 bits per heavy atom. The zero-order valence-electron chi connectivity index (χ0n) is 14.9. The molecule has 27 heavy (non-hydrogen) atoms. The molecule has 138 valence electrons. The van der Waals surface area contributed by atoms with Gasteiger partial charge in [0.05, 0.1) is 6.61 Å². The number of rotatable bonds is 7. The third kappa shape index (κ3) is 5.25. The Morgan fingerprint density at radius 2 is 1.70 bits per heavy atom. The van der Waals surface area contributed by atoms with Crippen molar-refractivity contribution in [2.24, 2.45) is 0 Å². The van der Waals surface area contributed by atoms with Gasteiger partial charge in [0.1, 0.15) is 18.1 Å². The van der Waals surface area contributed by atoms with Crippen LogP contribution in [0.15, 0.2) is 72.8 Å². The lowest BCUT2D eigenvalue weighted by atomic mass is 10.2. The van der Waals surface area contributed by atoms with Crippen molar-refractivity contribution in [1.29, 1.82) is 0 Å². The number of ether oxygens (including phenoxy) is 2. The fourth-order valence-corrected chi connectivity index (χ4v) is 2.70.